The minimum atomic E-state index is -1.48. The van der Waals surface area contributed by atoms with E-state index in [-0.39, 0.29) is 30.9 Å². The van der Waals surface area contributed by atoms with Crippen LogP contribution >= 0.6 is 24.8 Å². The fraction of sp³-hybridized carbons (Fsp3) is 0.474. The fourth-order valence-electron chi connectivity index (χ4n) is 4.10. The molecule has 2 aromatic rings. The van der Waals surface area contributed by atoms with Crippen LogP contribution in [-0.2, 0) is 15.1 Å². The zero-order valence-corrected chi connectivity index (χ0v) is 16.9. The van der Waals surface area contributed by atoms with E-state index < -0.39 is 23.9 Å². The number of halogens is 3. The minimum absolute atomic E-state index is 0. The Morgan fingerprint density at radius 2 is 1.93 bits per heavy atom. The number of aliphatic hydroxyl groups excluding tert-OH is 1. The standard InChI is InChI=1S/C19H22FN3O3.2ClH/c20-16-3-1-15(2-4-16)19(12-24,23-10-7-21-13-23)18(25)26-17-11-22-8-5-14(17)6-9-22;;/h1-4,7,10,13-14,17,24H,5-6,8-9,11-12H2;2*1H/t17-,19?;;/m0../s1. The highest BCUT2D eigenvalue weighted by atomic mass is 35.5. The van der Waals surface area contributed by atoms with Crippen LogP contribution in [0.3, 0.4) is 0 Å². The second kappa shape index (κ2) is 9.22. The average molecular weight is 432 g/mol. The van der Waals surface area contributed by atoms with Gasteiger partial charge in [0.15, 0.2) is 5.54 Å². The average Bonchev–Trinajstić information content (AvgIpc) is 3.20. The molecule has 3 aliphatic heterocycles. The van der Waals surface area contributed by atoms with Gasteiger partial charge in [-0.2, -0.15) is 0 Å². The van der Waals surface area contributed by atoms with E-state index in [1.165, 1.54) is 41.4 Å². The molecule has 2 atom stereocenters. The first kappa shape index (κ1) is 22.6. The second-order valence-corrected chi connectivity index (χ2v) is 7.08. The van der Waals surface area contributed by atoms with E-state index in [2.05, 4.69) is 9.88 Å². The molecule has 0 spiro atoms. The third-order valence-corrected chi connectivity index (χ3v) is 5.69. The number of carbonyl (C=O) groups is 1. The molecule has 9 heteroatoms. The third kappa shape index (κ3) is 3.89. The first-order valence-corrected chi connectivity index (χ1v) is 8.92. The Morgan fingerprint density at radius 1 is 1.25 bits per heavy atom. The summed E-state index contributed by atoms with van der Waals surface area (Å²) in [5, 5.41) is 10.2. The molecule has 1 unspecified atom stereocenters. The Bertz CT molecular complexity index is 767. The highest BCUT2D eigenvalue weighted by Crippen LogP contribution is 2.33. The summed E-state index contributed by atoms with van der Waals surface area (Å²) < 4.78 is 20.8. The molecule has 5 rings (SSSR count). The quantitative estimate of drug-likeness (QED) is 0.735. The number of hydrogen-bond acceptors (Lipinski definition) is 5. The van der Waals surface area contributed by atoms with Crippen LogP contribution in [0.2, 0.25) is 0 Å². The van der Waals surface area contributed by atoms with E-state index in [9.17, 15) is 14.3 Å². The molecular formula is C19H24Cl2FN3O3. The van der Waals surface area contributed by atoms with Gasteiger partial charge in [-0.3, -0.25) is 4.90 Å². The van der Waals surface area contributed by atoms with Crippen molar-refractivity contribution in [3.63, 3.8) is 0 Å². The monoisotopic (exact) mass is 431 g/mol. The summed E-state index contributed by atoms with van der Waals surface area (Å²) in [4.78, 5) is 19.6. The number of hydrogen-bond donors (Lipinski definition) is 1. The van der Waals surface area contributed by atoms with E-state index in [0.29, 0.717) is 11.5 Å². The smallest absolute Gasteiger partial charge is 0.339 e. The van der Waals surface area contributed by atoms with Gasteiger partial charge in [0, 0.05) is 18.9 Å². The number of esters is 1. The zero-order chi connectivity index (χ0) is 18.1. The predicted octanol–water partition coefficient (Wildman–Crippen LogP) is 2.24. The molecular weight excluding hydrogens is 408 g/mol. The number of aromatic nitrogens is 2. The van der Waals surface area contributed by atoms with Crippen LogP contribution in [0.1, 0.15) is 18.4 Å². The van der Waals surface area contributed by atoms with Crippen molar-refractivity contribution in [1.29, 1.82) is 0 Å². The van der Waals surface area contributed by atoms with E-state index >= 15 is 0 Å². The maximum atomic E-state index is 13.4. The van der Waals surface area contributed by atoms with E-state index in [4.69, 9.17) is 4.74 Å². The van der Waals surface area contributed by atoms with Crippen LogP contribution < -0.4 is 0 Å². The summed E-state index contributed by atoms with van der Waals surface area (Å²) in [6.45, 7) is 2.31. The van der Waals surface area contributed by atoms with Crippen LogP contribution in [0.15, 0.2) is 43.0 Å². The number of benzene rings is 1. The Kier molecular flexibility index (Phi) is 7.45. The molecule has 154 valence electrons. The Morgan fingerprint density at radius 3 is 2.43 bits per heavy atom. The van der Waals surface area contributed by atoms with Crippen molar-refractivity contribution in [2.45, 2.75) is 24.5 Å². The summed E-state index contributed by atoms with van der Waals surface area (Å²) in [5.74, 6) is -0.586. The molecule has 28 heavy (non-hydrogen) atoms. The first-order chi connectivity index (χ1) is 12.6. The molecule has 1 aromatic carbocycles. The van der Waals surface area contributed by atoms with Crippen molar-refractivity contribution in [3.05, 3.63) is 54.4 Å². The van der Waals surface area contributed by atoms with Gasteiger partial charge >= 0.3 is 5.97 Å². The van der Waals surface area contributed by atoms with E-state index in [1.54, 1.807) is 6.20 Å². The topological polar surface area (TPSA) is 67.6 Å². The molecule has 3 fully saturated rings. The molecule has 3 aliphatic rings. The molecule has 0 radical (unpaired) electrons. The lowest BCUT2D eigenvalue weighted by atomic mass is 9.85. The van der Waals surface area contributed by atoms with Gasteiger partial charge in [0.1, 0.15) is 11.9 Å². The highest BCUT2D eigenvalue weighted by Gasteiger charge is 2.46. The van der Waals surface area contributed by atoms with Gasteiger partial charge in [-0.05, 0) is 49.5 Å². The largest absolute Gasteiger partial charge is 0.459 e. The SMILES string of the molecule is Cl.Cl.O=C(O[C@H]1CN2CCC1CC2)C(CO)(c1ccc(F)cc1)n1ccnc1. The van der Waals surface area contributed by atoms with Crippen LogP contribution in [0.4, 0.5) is 4.39 Å². The van der Waals surface area contributed by atoms with Crippen molar-refractivity contribution in [3.8, 4) is 0 Å². The van der Waals surface area contributed by atoms with Gasteiger partial charge in [0.2, 0.25) is 0 Å². The fourth-order valence-corrected chi connectivity index (χ4v) is 4.10. The van der Waals surface area contributed by atoms with Gasteiger partial charge in [-0.15, -0.1) is 24.8 Å². The molecule has 3 saturated heterocycles. The molecule has 0 saturated carbocycles. The van der Waals surface area contributed by atoms with Gasteiger partial charge in [-0.25, -0.2) is 14.2 Å². The second-order valence-electron chi connectivity index (χ2n) is 7.08. The predicted molar refractivity (Wildman–Crippen MR) is 106 cm³/mol. The van der Waals surface area contributed by atoms with Crippen molar-refractivity contribution in [2.24, 2.45) is 5.92 Å². The molecule has 6 nitrogen and oxygen atoms in total. The van der Waals surface area contributed by atoms with E-state index in [0.717, 1.165) is 32.5 Å². The molecule has 1 aromatic heterocycles. The van der Waals surface area contributed by atoms with Crippen LogP contribution in [0.25, 0.3) is 0 Å². The number of rotatable bonds is 5. The lowest BCUT2D eigenvalue weighted by molar-refractivity contribution is -0.169. The van der Waals surface area contributed by atoms with Crippen LogP contribution in [-0.4, -0.2) is 57.9 Å². The summed E-state index contributed by atoms with van der Waals surface area (Å²) in [6.07, 6.45) is 6.47. The Balaban J connectivity index is 0.00000140. The maximum Gasteiger partial charge on any atom is 0.339 e. The first-order valence-electron chi connectivity index (χ1n) is 8.92. The molecule has 2 bridgehead atoms. The van der Waals surface area contributed by atoms with Crippen molar-refractivity contribution >= 4 is 30.8 Å². The number of piperidine rings is 3. The van der Waals surface area contributed by atoms with Crippen molar-refractivity contribution in [1.82, 2.24) is 14.5 Å². The summed E-state index contributed by atoms with van der Waals surface area (Å²) >= 11 is 0. The molecule has 4 heterocycles. The molecule has 0 aliphatic carbocycles. The normalized spacial score (nSPS) is 25.1. The Hall–Kier alpha value is -1.67. The van der Waals surface area contributed by atoms with Gasteiger partial charge < -0.3 is 14.4 Å². The number of imidazole rings is 1. The van der Waals surface area contributed by atoms with Gasteiger partial charge in [0.25, 0.3) is 0 Å². The third-order valence-electron chi connectivity index (χ3n) is 5.69. The zero-order valence-electron chi connectivity index (χ0n) is 15.2. The van der Waals surface area contributed by atoms with Crippen LogP contribution in [0, 0.1) is 11.7 Å². The Labute approximate surface area is 175 Å². The van der Waals surface area contributed by atoms with E-state index in [1.807, 2.05) is 0 Å². The maximum absolute atomic E-state index is 13.4. The summed E-state index contributed by atoms with van der Waals surface area (Å²) in [6, 6.07) is 5.56. The number of fused-ring (bicyclic) bond motifs is 3. The highest BCUT2D eigenvalue weighted by molar-refractivity contribution is 5.85. The minimum Gasteiger partial charge on any atom is -0.459 e. The molecule has 0 amide bonds. The molecule has 1 N–H and O–H groups in total. The number of nitrogens with zero attached hydrogens (tertiary/aromatic N) is 3. The number of ether oxygens (including phenoxy) is 1. The lowest BCUT2D eigenvalue weighted by Gasteiger charge is -2.45. The number of aliphatic hydroxyl groups is 1. The lowest BCUT2D eigenvalue weighted by Crippen LogP contribution is -2.55. The van der Waals surface area contributed by atoms with Crippen molar-refractivity contribution < 1.29 is 19.0 Å². The summed E-state index contributed by atoms with van der Waals surface area (Å²) in [5.41, 5.74) is -1.01. The number of carbonyl (C=O) groups excluding carboxylic acids is 1. The van der Waals surface area contributed by atoms with Crippen LogP contribution in [0.5, 0.6) is 0 Å². The van der Waals surface area contributed by atoms with Crippen molar-refractivity contribution in [2.75, 3.05) is 26.2 Å². The van der Waals surface area contributed by atoms with Gasteiger partial charge in [-0.1, -0.05) is 12.1 Å². The van der Waals surface area contributed by atoms with Gasteiger partial charge in [0.05, 0.1) is 12.9 Å². The summed E-state index contributed by atoms with van der Waals surface area (Å²) in [7, 11) is 0.